The minimum Gasteiger partial charge on any atom is -0.487 e. The molecule has 3 aliphatic rings. The number of nitrogens with one attached hydrogen (secondary N) is 2. The first-order chi connectivity index (χ1) is 17.3. The molecule has 0 atom stereocenters. The van der Waals surface area contributed by atoms with E-state index in [9.17, 15) is 4.79 Å². The van der Waals surface area contributed by atoms with Gasteiger partial charge in [-0.3, -0.25) is 4.79 Å². The summed E-state index contributed by atoms with van der Waals surface area (Å²) in [5.41, 5.74) is 8.27. The summed E-state index contributed by atoms with van der Waals surface area (Å²) >= 11 is 0. The molecule has 0 unspecified atom stereocenters. The third-order valence-electron chi connectivity index (χ3n) is 7.47. The van der Waals surface area contributed by atoms with Crippen molar-refractivity contribution >= 4 is 22.6 Å². The molecule has 7 heteroatoms. The van der Waals surface area contributed by atoms with Crippen LogP contribution in [0.4, 0.5) is 5.69 Å². The Morgan fingerprint density at radius 3 is 2.54 bits per heavy atom. The molecule has 2 aromatic heterocycles. The third kappa shape index (κ3) is 3.38. The summed E-state index contributed by atoms with van der Waals surface area (Å²) in [5, 5.41) is 4.40. The second-order valence-electron chi connectivity index (χ2n) is 9.52. The molecule has 1 amide bonds. The first-order valence-corrected chi connectivity index (χ1v) is 12.4. The molecule has 176 valence electrons. The first kappa shape index (κ1) is 20.5. The van der Waals surface area contributed by atoms with Crippen molar-refractivity contribution in [2.75, 3.05) is 44.2 Å². The Balaban J connectivity index is 1.26. The summed E-state index contributed by atoms with van der Waals surface area (Å²) < 4.78 is 6.39. The Labute approximate surface area is 203 Å². The summed E-state index contributed by atoms with van der Waals surface area (Å²) in [7, 11) is 0. The van der Waals surface area contributed by atoms with Crippen molar-refractivity contribution in [3.8, 4) is 28.0 Å². The van der Waals surface area contributed by atoms with E-state index in [0.29, 0.717) is 6.61 Å². The number of nitrogens with zero attached hydrogens (tertiary/aromatic N) is 3. The second kappa shape index (κ2) is 8.13. The molecular weight excluding hydrogens is 438 g/mol. The van der Waals surface area contributed by atoms with Gasteiger partial charge in [-0.05, 0) is 47.4 Å². The highest BCUT2D eigenvalue weighted by molar-refractivity contribution is 6.03. The van der Waals surface area contributed by atoms with E-state index in [1.54, 1.807) is 0 Å². The molecule has 2 aromatic carbocycles. The van der Waals surface area contributed by atoms with Crippen molar-refractivity contribution in [1.29, 1.82) is 0 Å². The fraction of sp³-hybridized carbons (Fsp3) is 0.286. The highest BCUT2D eigenvalue weighted by atomic mass is 16.5. The highest BCUT2D eigenvalue weighted by Gasteiger charge is 2.25. The van der Waals surface area contributed by atoms with Gasteiger partial charge in [0, 0.05) is 74.0 Å². The Kier molecular flexibility index (Phi) is 4.77. The number of anilines is 1. The van der Waals surface area contributed by atoms with Gasteiger partial charge in [0.25, 0.3) is 5.91 Å². The number of piperazine rings is 1. The molecule has 5 heterocycles. The number of fused-ring (bicyclic) bond motifs is 5. The second-order valence-corrected chi connectivity index (χ2v) is 9.52. The van der Waals surface area contributed by atoms with Crippen LogP contribution in [0.3, 0.4) is 0 Å². The smallest absolute Gasteiger partial charge is 0.253 e. The zero-order valence-electron chi connectivity index (χ0n) is 19.5. The molecule has 0 radical (unpaired) electrons. The predicted octanol–water partition coefficient (Wildman–Crippen LogP) is 4.04. The van der Waals surface area contributed by atoms with E-state index >= 15 is 0 Å². The fourth-order valence-corrected chi connectivity index (χ4v) is 5.36. The summed E-state index contributed by atoms with van der Waals surface area (Å²) in [6.07, 6.45) is 4.99. The third-order valence-corrected chi connectivity index (χ3v) is 7.47. The van der Waals surface area contributed by atoms with Gasteiger partial charge < -0.3 is 24.8 Å². The Morgan fingerprint density at radius 2 is 1.77 bits per heavy atom. The quantitative estimate of drug-likeness (QED) is 0.478. The van der Waals surface area contributed by atoms with Crippen LogP contribution in [-0.2, 0) is 6.61 Å². The van der Waals surface area contributed by atoms with Gasteiger partial charge in [0.15, 0.2) is 0 Å². The van der Waals surface area contributed by atoms with Crippen LogP contribution < -0.4 is 15.0 Å². The Hall–Kier alpha value is -3.84. The van der Waals surface area contributed by atoms with E-state index in [-0.39, 0.29) is 5.91 Å². The van der Waals surface area contributed by atoms with Crippen LogP contribution in [0.2, 0.25) is 0 Å². The van der Waals surface area contributed by atoms with Crippen LogP contribution >= 0.6 is 0 Å². The molecule has 7 nitrogen and oxygen atoms in total. The van der Waals surface area contributed by atoms with E-state index < -0.39 is 0 Å². The minimum absolute atomic E-state index is 0.112. The predicted molar refractivity (Wildman–Crippen MR) is 137 cm³/mol. The number of likely N-dealkylation sites (tertiary alicyclic amines) is 1. The zero-order valence-corrected chi connectivity index (χ0v) is 19.5. The van der Waals surface area contributed by atoms with E-state index in [0.717, 1.165) is 84.7 Å². The lowest BCUT2D eigenvalue weighted by atomic mass is 9.95. The van der Waals surface area contributed by atoms with Crippen molar-refractivity contribution in [1.82, 2.24) is 20.2 Å². The maximum atomic E-state index is 12.6. The number of rotatable bonds is 3. The number of aromatic nitrogens is 2. The molecule has 0 aliphatic carbocycles. The number of amides is 1. The number of pyridine rings is 1. The Bertz CT molecular complexity index is 1430. The van der Waals surface area contributed by atoms with Gasteiger partial charge in [-0.1, -0.05) is 18.2 Å². The summed E-state index contributed by atoms with van der Waals surface area (Å²) in [4.78, 5) is 24.9. The molecule has 4 aromatic rings. The molecule has 3 aliphatic heterocycles. The monoisotopic (exact) mass is 465 g/mol. The lowest BCUT2D eigenvalue weighted by Crippen LogP contribution is -2.43. The van der Waals surface area contributed by atoms with Crippen molar-refractivity contribution in [3.63, 3.8) is 0 Å². The number of benzene rings is 2. The molecule has 0 saturated carbocycles. The van der Waals surface area contributed by atoms with Crippen LogP contribution in [0.5, 0.6) is 5.75 Å². The average molecular weight is 466 g/mol. The fourth-order valence-electron chi connectivity index (χ4n) is 5.36. The topological polar surface area (TPSA) is 73.5 Å². The normalized spacial score (nSPS) is 16.9. The molecular formula is C28H27N5O2. The molecule has 0 spiro atoms. The highest BCUT2D eigenvalue weighted by Crippen LogP contribution is 2.45. The lowest BCUT2D eigenvalue weighted by molar-refractivity contribution is 0.0652. The summed E-state index contributed by atoms with van der Waals surface area (Å²) in [5.74, 6) is 0.982. The van der Waals surface area contributed by atoms with E-state index in [2.05, 4.69) is 33.4 Å². The summed E-state index contributed by atoms with van der Waals surface area (Å²) in [6, 6.07) is 14.6. The molecule has 0 bridgehead atoms. The maximum absolute atomic E-state index is 12.6. The van der Waals surface area contributed by atoms with Crippen molar-refractivity contribution in [2.24, 2.45) is 0 Å². The van der Waals surface area contributed by atoms with Crippen molar-refractivity contribution in [3.05, 3.63) is 66.0 Å². The number of hydrogen-bond acceptors (Lipinski definition) is 5. The largest absolute Gasteiger partial charge is 0.487 e. The van der Waals surface area contributed by atoms with Crippen LogP contribution in [0.1, 0.15) is 22.3 Å². The van der Waals surface area contributed by atoms with Crippen LogP contribution in [0.25, 0.3) is 33.3 Å². The van der Waals surface area contributed by atoms with Gasteiger partial charge in [0.2, 0.25) is 0 Å². The van der Waals surface area contributed by atoms with Gasteiger partial charge >= 0.3 is 0 Å². The first-order valence-electron chi connectivity index (χ1n) is 12.4. The van der Waals surface area contributed by atoms with Crippen LogP contribution in [-0.4, -0.2) is 60.0 Å². The number of ether oxygens (including phenoxy) is 1. The van der Waals surface area contributed by atoms with E-state index in [1.807, 2.05) is 41.6 Å². The van der Waals surface area contributed by atoms with Crippen molar-refractivity contribution in [2.45, 2.75) is 13.0 Å². The van der Waals surface area contributed by atoms with Gasteiger partial charge in [-0.25, -0.2) is 4.98 Å². The lowest BCUT2D eigenvalue weighted by Gasteiger charge is -2.31. The minimum atomic E-state index is 0.112. The SMILES string of the molecule is O=C(c1ccc(-c2c[nH]c3ncc4c(c23)OCc2cc(N3CCNCC3)ccc2-4)cc1)N1CCC1. The number of hydrogen-bond donors (Lipinski definition) is 2. The Morgan fingerprint density at radius 1 is 0.943 bits per heavy atom. The molecule has 7 rings (SSSR count). The van der Waals surface area contributed by atoms with Crippen molar-refractivity contribution < 1.29 is 9.53 Å². The number of aromatic amines is 1. The van der Waals surface area contributed by atoms with Gasteiger partial charge in [0.1, 0.15) is 18.0 Å². The average Bonchev–Trinajstić information content (AvgIpc) is 3.32. The van der Waals surface area contributed by atoms with Gasteiger partial charge in [-0.15, -0.1) is 0 Å². The van der Waals surface area contributed by atoms with E-state index in [4.69, 9.17) is 9.72 Å². The van der Waals surface area contributed by atoms with Crippen LogP contribution in [0.15, 0.2) is 54.9 Å². The zero-order chi connectivity index (χ0) is 23.4. The summed E-state index contributed by atoms with van der Waals surface area (Å²) in [6.45, 7) is 6.33. The molecule has 2 fully saturated rings. The molecule has 2 saturated heterocycles. The van der Waals surface area contributed by atoms with Gasteiger partial charge in [-0.2, -0.15) is 0 Å². The number of carbonyl (C=O) groups is 1. The standard InChI is InChI=1S/C28H27N5O2/c34-28(33-10-1-11-33)19-4-2-18(3-5-19)23-15-30-27-25(23)26-24(16-31-27)22-7-6-21(14-20(22)17-35-26)32-12-8-29-9-13-32/h2-7,14-16,29H,1,8-13,17H2,(H,30,31). The molecule has 2 N–H and O–H groups in total. The van der Waals surface area contributed by atoms with E-state index in [1.165, 1.54) is 16.8 Å². The van der Waals surface area contributed by atoms with Gasteiger partial charge in [0.05, 0.1) is 5.39 Å². The van der Waals surface area contributed by atoms with Crippen LogP contribution in [0, 0.1) is 0 Å². The number of carbonyl (C=O) groups excluding carboxylic acids is 1. The maximum Gasteiger partial charge on any atom is 0.253 e. The molecule has 35 heavy (non-hydrogen) atoms. The number of H-pyrrole nitrogens is 1.